The van der Waals surface area contributed by atoms with E-state index in [1.54, 1.807) is 0 Å². The molecule has 36 heavy (non-hydrogen) atoms. The van der Waals surface area contributed by atoms with Gasteiger partial charge in [0.1, 0.15) is 48.8 Å². The van der Waals surface area contributed by atoms with Crippen molar-refractivity contribution in [3.05, 3.63) is 0 Å². The summed E-state index contributed by atoms with van der Waals surface area (Å²) in [5, 5.41) is 70.8. The number of aliphatic hydroxyl groups is 7. The van der Waals surface area contributed by atoms with E-state index in [2.05, 4.69) is 6.92 Å². The highest BCUT2D eigenvalue weighted by atomic mass is 16.7. The van der Waals surface area contributed by atoms with Gasteiger partial charge in [-0.15, -0.1) is 0 Å². The van der Waals surface area contributed by atoms with Crippen LogP contribution < -0.4 is 0 Å². The summed E-state index contributed by atoms with van der Waals surface area (Å²) in [5.74, 6) is 0. The average Bonchev–Trinajstić information content (AvgIpc) is 2.88. The van der Waals surface area contributed by atoms with E-state index in [0.29, 0.717) is 6.42 Å². The Kier molecular flexibility index (Phi) is 14.6. The third-order valence-electron chi connectivity index (χ3n) is 7.12. The number of hydrogen-bond donors (Lipinski definition) is 7. The van der Waals surface area contributed by atoms with E-state index >= 15 is 0 Å². The molecule has 0 radical (unpaired) electrons. The molecule has 11 atom stereocenters. The largest absolute Gasteiger partial charge is 0.394 e. The molecule has 2 rings (SSSR count). The van der Waals surface area contributed by atoms with E-state index in [1.807, 2.05) is 6.92 Å². The minimum atomic E-state index is -1.70. The van der Waals surface area contributed by atoms with Crippen molar-refractivity contribution in [2.75, 3.05) is 13.2 Å². The Balaban J connectivity index is 1.88. The fraction of sp³-hybridized carbons (Fsp3) is 1.00. The van der Waals surface area contributed by atoms with Crippen LogP contribution in [0.5, 0.6) is 0 Å². The molecule has 2 aliphatic rings. The lowest BCUT2D eigenvalue weighted by Gasteiger charge is -2.46. The van der Waals surface area contributed by atoms with Crippen LogP contribution in [-0.2, 0) is 18.9 Å². The molecule has 0 aromatic heterocycles. The highest BCUT2D eigenvalue weighted by molar-refractivity contribution is 4.94. The van der Waals surface area contributed by atoms with Crippen LogP contribution >= 0.6 is 0 Å². The maximum absolute atomic E-state index is 10.7. The fourth-order valence-corrected chi connectivity index (χ4v) is 4.73. The molecule has 0 aromatic carbocycles. The van der Waals surface area contributed by atoms with Gasteiger partial charge in [0.2, 0.25) is 0 Å². The highest BCUT2D eigenvalue weighted by Crippen LogP contribution is 2.30. The lowest BCUT2D eigenvalue weighted by atomic mass is 9.97. The van der Waals surface area contributed by atoms with Gasteiger partial charge in [0.15, 0.2) is 12.6 Å². The van der Waals surface area contributed by atoms with Gasteiger partial charge in [0.05, 0.1) is 19.3 Å². The summed E-state index contributed by atoms with van der Waals surface area (Å²) in [6.45, 7) is 2.94. The Morgan fingerprint density at radius 3 is 1.78 bits per heavy atom. The first-order valence-electron chi connectivity index (χ1n) is 13.5. The molecule has 11 nitrogen and oxygen atoms in total. The van der Waals surface area contributed by atoms with E-state index in [0.717, 1.165) is 19.3 Å². The second-order valence-electron chi connectivity index (χ2n) is 9.93. The summed E-state index contributed by atoms with van der Waals surface area (Å²) in [4.78, 5) is 0. The van der Waals surface area contributed by atoms with E-state index in [-0.39, 0.29) is 6.10 Å². The lowest BCUT2D eigenvalue weighted by Crippen LogP contribution is -2.64. The molecule has 11 heteroatoms. The molecule has 0 spiro atoms. The Hall–Kier alpha value is -0.440. The van der Waals surface area contributed by atoms with E-state index in [4.69, 9.17) is 18.9 Å². The number of hydrogen-bond acceptors (Lipinski definition) is 11. The van der Waals surface area contributed by atoms with Crippen molar-refractivity contribution >= 4 is 0 Å². The van der Waals surface area contributed by atoms with Gasteiger partial charge in [0, 0.05) is 0 Å². The zero-order chi connectivity index (χ0) is 26.7. The summed E-state index contributed by atoms with van der Waals surface area (Å²) in [7, 11) is 0. The van der Waals surface area contributed by atoms with Crippen LogP contribution in [0.1, 0.15) is 78.1 Å². The van der Waals surface area contributed by atoms with Crippen LogP contribution in [0.4, 0.5) is 0 Å². The summed E-state index contributed by atoms with van der Waals surface area (Å²) < 4.78 is 22.6. The highest BCUT2D eigenvalue weighted by Gasteiger charge is 2.50. The van der Waals surface area contributed by atoms with E-state index in [9.17, 15) is 35.7 Å². The monoisotopic (exact) mass is 524 g/mol. The first kappa shape index (κ1) is 31.8. The Bertz CT molecular complexity index is 578. The quantitative estimate of drug-likeness (QED) is 0.134. The second kappa shape index (κ2) is 16.5. The Morgan fingerprint density at radius 2 is 1.19 bits per heavy atom. The molecular weight excluding hydrogens is 476 g/mol. The van der Waals surface area contributed by atoms with Gasteiger partial charge in [-0.1, -0.05) is 65.2 Å². The van der Waals surface area contributed by atoms with Gasteiger partial charge in [-0.3, -0.25) is 0 Å². The number of aliphatic hydroxyl groups excluding tert-OH is 7. The van der Waals surface area contributed by atoms with E-state index < -0.39 is 74.6 Å². The molecule has 0 saturated carbocycles. The minimum Gasteiger partial charge on any atom is -0.394 e. The predicted octanol–water partition coefficient (Wildman–Crippen LogP) is -0.0635. The van der Waals surface area contributed by atoms with Gasteiger partial charge >= 0.3 is 0 Å². The van der Waals surface area contributed by atoms with Crippen LogP contribution in [-0.4, -0.2) is 116 Å². The molecular formula is C25H48O11. The maximum atomic E-state index is 10.7. The van der Waals surface area contributed by atoms with Crippen LogP contribution in [0.25, 0.3) is 0 Å². The topological polar surface area (TPSA) is 179 Å². The third kappa shape index (κ3) is 8.81. The smallest absolute Gasteiger partial charge is 0.187 e. The summed E-state index contributed by atoms with van der Waals surface area (Å²) >= 11 is 0. The molecule has 0 bridgehead atoms. The van der Waals surface area contributed by atoms with Crippen molar-refractivity contribution < 1.29 is 54.7 Å². The Labute approximate surface area is 214 Å². The zero-order valence-electron chi connectivity index (χ0n) is 21.6. The van der Waals surface area contributed by atoms with Crippen molar-refractivity contribution in [1.29, 1.82) is 0 Å². The van der Waals surface area contributed by atoms with Gasteiger partial charge < -0.3 is 54.7 Å². The first-order chi connectivity index (χ1) is 17.3. The second-order valence-corrected chi connectivity index (χ2v) is 9.93. The third-order valence-corrected chi connectivity index (χ3v) is 7.12. The molecule has 0 aromatic rings. The van der Waals surface area contributed by atoms with Gasteiger partial charge in [-0.25, -0.2) is 0 Å². The molecule has 7 N–H and O–H groups in total. The van der Waals surface area contributed by atoms with E-state index in [1.165, 1.54) is 38.5 Å². The zero-order valence-corrected chi connectivity index (χ0v) is 21.6. The molecule has 2 saturated heterocycles. The molecule has 1 unspecified atom stereocenters. The van der Waals surface area contributed by atoms with Crippen LogP contribution in [0.3, 0.4) is 0 Å². The minimum absolute atomic E-state index is 0.195. The average molecular weight is 525 g/mol. The lowest BCUT2D eigenvalue weighted by molar-refractivity contribution is -0.362. The van der Waals surface area contributed by atoms with Crippen LogP contribution in [0.15, 0.2) is 0 Å². The molecule has 0 aliphatic carbocycles. The standard InChI is InChI=1S/C25H48O11/c1-3-5-6-7-8-9-10-11-12-15(4-2)33-24-22(32)20(30)23(17(14-27)35-24)36-25-21(31)19(29)18(28)16(13-26)34-25/h15-32H,3-14H2,1-2H3/t15?,16-,17-,18-,19+,20-,21-,22-,23-,24-,25-/m1/s1. The number of unbranched alkanes of at least 4 members (excludes halogenated alkanes) is 7. The van der Waals surface area contributed by atoms with Crippen molar-refractivity contribution in [2.24, 2.45) is 0 Å². The summed E-state index contributed by atoms with van der Waals surface area (Å²) in [5.41, 5.74) is 0. The van der Waals surface area contributed by atoms with Gasteiger partial charge in [0.25, 0.3) is 0 Å². The van der Waals surface area contributed by atoms with Gasteiger partial charge in [-0.05, 0) is 12.8 Å². The summed E-state index contributed by atoms with van der Waals surface area (Å²) in [6.07, 6.45) is -3.60. The van der Waals surface area contributed by atoms with Crippen LogP contribution in [0.2, 0.25) is 0 Å². The molecule has 0 amide bonds. The molecule has 214 valence electrons. The molecule has 2 fully saturated rings. The van der Waals surface area contributed by atoms with Crippen molar-refractivity contribution in [2.45, 2.75) is 146 Å². The molecule has 2 heterocycles. The van der Waals surface area contributed by atoms with Crippen molar-refractivity contribution in [3.63, 3.8) is 0 Å². The summed E-state index contributed by atoms with van der Waals surface area (Å²) in [6, 6.07) is 0. The van der Waals surface area contributed by atoms with Crippen molar-refractivity contribution in [1.82, 2.24) is 0 Å². The Morgan fingerprint density at radius 1 is 0.639 bits per heavy atom. The maximum Gasteiger partial charge on any atom is 0.187 e. The fourth-order valence-electron chi connectivity index (χ4n) is 4.73. The van der Waals surface area contributed by atoms with Gasteiger partial charge in [-0.2, -0.15) is 0 Å². The number of ether oxygens (including phenoxy) is 4. The van der Waals surface area contributed by atoms with Crippen molar-refractivity contribution in [3.8, 4) is 0 Å². The molecule has 2 aliphatic heterocycles. The SMILES string of the molecule is CCCCCCCCCCC(CC)O[C@@H]1O[C@H](CO)[C@@H](O[C@H]2O[C@H](CO)[C@@H](O)[C@H](O)[C@H]2O)[C@H](O)[C@H]1O. The first-order valence-corrected chi connectivity index (χ1v) is 13.5. The van der Waals surface area contributed by atoms with Crippen LogP contribution in [0, 0.1) is 0 Å². The number of rotatable bonds is 16. The predicted molar refractivity (Wildman–Crippen MR) is 129 cm³/mol. The normalized spacial score (nSPS) is 38.2.